The molecular weight excluding hydrogens is 630 g/mol. The van der Waals surface area contributed by atoms with Crippen LogP contribution in [0.1, 0.15) is 25.8 Å². The van der Waals surface area contributed by atoms with Crippen molar-refractivity contribution in [2.24, 2.45) is 5.92 Å². The number of phosphoric ester groups is 1. The summed E-state index contributed by atoms with van der Waals surface area (Å²) in [6.07, 6.45) is -2.31. The average molecular weight is 658 g/mol. The van der Waals surface area contributed by atoms with Crippen molar-refractivity contribution in [1.82, 2.24) is 39.0 Å². The molecule has 44 heavy (non-hydrogen) atoms. The minimum absolute atomic E-state index is 0.0229. The zero-order valence-electron chi connectivity index (χ0n) is 22.7. The third kappa shape index (κ3) is 5.74. The van der Waals surface area contributed by atoms with Crippen LogP contribution in [0.15, 0.2) is 23.8 Å². The Morgan fingerprint density at radius 1 is 1.14 bits per heavy atom. The Hall–Kier alpha value is -3.36. The van der Waals surface area contributed by atoms with Crippen LogP contribution in [0.5, 0.6) is 0 Å². The molecule has 2 fully saturated rings. The highest BCUT2D eigenvalue weighted by molar-refractivity contribution is 7.47. The molecule has 2 aliphatic heterocycles. The van der Waals surface area contributed by atoms with Gasteiger partial charge in [0.2, 0.25) is 5.95 Å². The summed E-state index contributed by atoms with van der Waals surface area (Å²) in [5.41, 5.74) is 11.5. The van der Waals surface area contributed by atoms with Gasteiger partial charge in [-0.3, -0.25) is 32.5 Å². The van der Waals surface area contributed by atoms with Gasteiger partial charge in [-0.25, -0.2) is 24.5 Å². The number of H-pyrrole nitrogens is 1. The van der Waals surface area contributed by atoms with Crippen molar-refractivity contribution in [3.63, 3.8) is 0 Å². The number of rotatable bonds is 10. The van der Waals surface area contributed by atoms with E-state index in [2.05, 4.69) is 29.9 Å². The summed E-state index contributed by atoms with van der Waals surface area (Å²) in [5.74, 6) is -0.647. The van der Waals surface area contributed by atoms with Crippen LogP contribution >= 0.6 is 16.1 Å². The third-order valence-electron chi connectivity index (χ3n) is 7.29. The average Bonchev–Trinajstić information content (AvgIpc) is 3.73. The number of fused-ring (bicyclic) bond motifs is 2. The molecule has 0 saturated carbocycles. The zero-order chi connectivity index (χ0) is 31.3. The van der Waals surface area contributed by atoms with Crippen molar-refractivity contribution in [2.45, 2.75) is 50.2 Å². The van der Waals surface area contributed by atoms with E-state index in [9.17, 15) is 28.8 Å². The number of nitrogens with zero attached hydrogens (tertiary/aromatic N) is 7. The summed E-state index contributed by atoms with van der Waals surface area (Å²) in [5, 5.41) is 9.70. The lowest BCUT2D eigenvalue weighted by atomic mass is 10.0. The molecule has 0 radical (unpaired) electrons. The van der Waals surface area contributed by atoms with Crippen LogP contribution in [0.25, 0.3) is 22.3 Å². The van der Waals surface area contributed by atoms with E-state index in [1.165, 1.54) is 28.1 Å². The maximum atomic E-state index is 13.2. The summed E-state index contributed by atoms with van der Waals surface area (Å²) < 4.78 is 55.5. The lowest BCUT2D eigenvalue weighted by Gasteiger charge is -2.24. The van der Waals surface area contributed by atoms with Crippen LogP contribution in [-0.2, 0) is 32.2 Å². The molecule has 9 atom stereocenters. The van der Waals surface area contributed by atoms with Crippen molar-refractivity contribution >= 4 is 50.2 Å². The Bertz CT molecular complexity index is 1820. The lowest BCUT2D eigenvalue weighted by molar-refractivity contribution is -0.0584. The Balaban J connectivity index is 1.20. The van der Waals surface area contributed by atoms with Crippen molar-refractivity contribution < 1.29 is 47.1 Å². The number of aromatic nitrogens is 8. The van der Waals surface area contributed by atoms with E-state index in [-0.39, 0.29) is 29.4 Å². The second-order valence-corrected chi connectivity index (χ2v) is 12.3. The van der Waals surface area contributed by atoms with Gasteiger partial charge in [0.1, 0.15) is 36.4 Å². The highest BCUT2D eigenvalue weighted by Gasteiger charge is 2.47. The molecule has 0 bridgehead atoms. The first-order chi connectivity index (χ1) is 21.0. The Morgan fingerprint density at radius 2 is 1.86 bits per heavy atom. The largest absolute Gasteiger partial charge is 0.472 e. The summed E-state index contributed by atoms with van der Waals surface area (Å²) in [4.78, 5) is 55.1. The number of aliphatic hydroxyl groups is 1. The first-order valence-corrected chi connectivity index (χ1v) is 15.8. The molecular formula is C21H28N10O11P2. The van der Waals surface area contributed by atoms with E-state index in [4.69, 9.17) is 34.5 Å². The summed E-state index contributed by atoms with van der Waals surface area (Å²) in [7, 11) is -8.35. The lowest BCUT2D eigenvalue weighted by Crippen LogP contribution is -2.31. The van der Waals surface area contributed by atoms with Crippen LogP contribution in [-0.4, -0.2) is 91.6 Å². The number of nitrogens with one attached hydrogen (secondary N) is 1. The first kappa shape index (κ1) is 30.7. The smallest absolute Gasteiger partial charge is 0.394 e. The van der Waals surface area contributed by atoms with E-state index >= 15 is 0 Å². The fourth-order valence-electron chi connectivity index (χ4n) is 5.36. The minimum atomic E-state index is -4.89. The summed E-state index contributed by atoms with van der Waals surface area (Å²) in [6.45, 7) is 0.646. The third-order valence-corrected chi connectivity index (χ3v) is 8.78. The summed E-state index contributed by atoms with van der Waals surface area (Å²) in [6, 6.07) is 0. The van der Waals surface area contributed by atoms with Gasteiger partial charge >= 0.3 is 16.1 Å². The number of anilines is 2. The number of aromatic amines is 1. The molecule has 238 valence electrons. The van der Waals surface area contributed by atoms with E-state index in [1.807, 2.05) is 0 Å². The predicted molar refractivity (Wildman–Crippen MR) is 148 cm³/mol. The Kier molecular flexibility index (Phi) is 8.26. The fourth-order valence-corrected chi connectivity index (χ4v) is 6.89. The molecule has 6 rings (SSSR count). The number of imidazole rings is 2. The Labute approximate surface area is 246 Å². The topological polar surface area (TPSA) is 300 Å². The fraction of sp³-hybridized carbons (Fsp3) is 0.524. The van der Waals surface area contributed by atoms with E-state index in [0.717, 1.165) is 0 Å². The van der Waals surface area contributed by atoms with Gasteiger partial charge in [0, 0.05) is 12.3 Å². The number of aliphatic hydroxyl groups excluding tert-OH is 1. The van der Waals surface area contributed by atoms with Gasteiger partial charge in [-0.1, -0.05) is 6.92 Å². The van der Waals surface area contributed by atoms with Crippen LogP contribution in [0, 0.1) is 5.92 Å². The van der Waals surface area contributed by atoms with E-state index in [0.29, 0.717) is 11.2 Å². The molecule has 2 aliphatic rings. The van der Waals surface area contributed by atoms with Crippen LogP contribution in [0.2, 0.25) is 0 Å². The molecule has 0 aliphatic carbocycles. The molecule has 8 N–H and O–H groups in total. The highest BCUT2D eigenvalue weighted by atomic mass is 31.2. The SMILES string of the molecule is C[C@H]1[C@H](O[PH](=O)O)[C@@H](COP(=O)(O)O[C@@H]2C[C@@H](CO)O[C@H]2n2cnc3c(=O)[nH]c(N)nc32)O[C@H]1n1cnc2c(N)ncnc21. The second-order valence-electron chi connectivity index (χ2n) is 10.1. The van der Waals surface area contributed by atoms with Gasteiger partial charge in [-0.15, -0.1) is 0 Å². The number of phosphoric acid groups is 1. The molecule has 0 spiro atoms. The highest BCUT2D eigenvalue weighted by Crippen LogP contribution is 2.50. The zero-order valence-corrected chi connectivity index (χ0v) is 24.6. The second kappa shape index (κ2) is 11.9. The van der Waals surface area contributed by atoms with Gasteiger partial charge in [0.25, 0.3) is 5.56 Å². The van der Waals surface area contributed by atoms with Gasteiger partial charge < -0.3 is 40.4 Å². The van der Waals surface area contributed by atoms with Crippen LogP contribution in [0.4, 0.5) is 11.8 Å². The predicted octanol–water partition coefficient (Wildman–Crippen LogP) is -0.793. The number of hydrogen-bond acceptors (Lipinski definition) is 16. The Morgan fingerprint density at radius 3 is 2.59 bits per heavy atom. The number of hydrogen-bond donors (Lipinski definition) is 6. The molecule has 4 aromatic rings. The van der Waals surface area contributed by atoms with Gasteiger partial charge in [-0.2, -0.15) is 4.98 Å². The number of ether oxygens (including phenoxy) is 2. The monoisotopic (exact) mass is 658 g/mol. The molecule has 23 heteroatoms. The van der Waals surface area contributed by atoms with Crippen molar-refractivity contribution in [3.05, 3.63) is 29.3 Å². The van der Waals surface area contributed by atoms with E-state index < -0.39 is 77.6 Å². The van der Waals surface area contributed by atoms with Gasteiger partial charge in [-0.05, 0) is 0 Å². The maximum absolute atomic E-state index is 13.2. The standard InChI is InChI=1S/C21H28N10O11P2/c1-8-14(41-43(34)35)11(40-19(8)30-6-26-12-15(22)24-5-25-16(12)30)4-38-44(36,37)42-10-2-9(3-32)39-20(10)31-7-27-13-17(31)28-21(23)29-18(13)33/h5-11,14,19-20,32,43H,2-4H2,1H3,(H,34,35)(H,36,37)(H2,22,24,25)(H3,23,28,29,33)/t8-,9-,10+,11+,14-,19+,20+/m0/s1. The molecule has 21 nitrogen and oxygen atoms in total. The molecule has 0 aromatic carbocycles. The minimum Gasteiger partial charge on any atom is -0.394 e. The van der Waals surface area contributed by atoms with Crippen LogP contribution in [0.3, 0.4) is 0 Å². The molecule has 0 amide bonds. The summed E-state index contributed by atoms with van der Waals surface area (Å²) >= 11 is 0. The van der Waals surface area contributed by atoms with Crippen molar-refractivity contribution in [2.75, 3.05) is 24.7 Å². The molecule has 2 saturated heterocycles. The van der Waals surface area contributed by atoms with Crippen LogP contribution < -0.4 is 17.0 Å². The number of nitrogen functional groups attached to an aromatic ring is 2. The normalized spacial score (nSPS) is 29.4. The molecule has 6 heterocycles. The quantitative estimate of drug-likeness (QED) is 0.114. The molecule has 2 unspecified atom stereocenters. The first-order valence-electron chi connectivity index (χ1n) is 13.1. The molecule has 4 aromatic heterocycles. The van der Waals surface area contributed by atoms with Crippen molar-refractivity contribution in [1.29, 1.82) is 0 Å². The van der Waals surface area contributed by atoms with Gasteiger partial charge in [0.05, 0.1) is 32.0 Å². The van der Waals surface area contributed by atoms with Crippen molar-refractivity contribution in [3.8, 4) is 0 Å². The number of nitrogens with two attached hydrogens (primary N) is 2. The maximum Gasteiger partial charge on any atom is 0.472 e. The van der Waals surface area contributed by atoms with Gasteiger partial charge in [0.15, 0.2) is 28.9 Å². The van der Waals surface area contributed by atoms with E-state index in [1.54, 1.807) is 6.92 Å².